The maximum atomic E-state index is 11.3. The second-order valence-electron chi connectivity index (χ2n) is 5.22. The van der Waals surface area contributed by atoms with Crippen LogP contribution in [0.4, 0.5) is 0 Å². The Labute approximate surface area is 98.3 Å². The van der Waals surface area contributed by atoms with Crippen LogP contribution in [0.25, 0.3) is 0 Å². The predicted octanol–water partition coefficient (Wildman–Crippen LogP) is 0.842. The minimum Gasteiger partial charge on any atom is -0.368 e. The Kier molecular flexibility index (Phi) is 4.33. The average Bonchev–Trinajstić information content (AvgIpc) is 2.61. The van der Waals surface area contributed by atoms with Crippen molar-refractivity contribution < 1.29 is 4.79 Å². The lowest BCUT2D eigenvalue weighted by Gasteiger charge is -2.31. The number of nitrogens with two attached hydrogens (primary N) is 2. The Bertz CT molecular complexity index is 257. The predicted molar refractivity (Wildman–Crippen MR) is 65.9 cm³/mol. The number of carbonyl (C=O) groups is 1. The van der Waals surface area contributed by atoms with E-state index in [0.717, 1.165) is 12.8 Å². The summed E-state index contributed by atoms with van der Waals surface area (Å²) in [6.07, 6.45) is 4.76. The number of carbonyl (C=O) groups excluding carboxylic acids is 1. The van der Waals surface area contributed by atoms with Gasteiger partial charge in [0.2, 0.25) is 5.91 Å². The van der Waals surface area contributed by atoms with Gasteiger partial charge in [-0.05, 0) is 39.7 Å². The van der Waals surface area contributed by atoms with Gasteiger partial charge in [-0.2, -0.15) is 0 Å². The van der Waals surface area contributed by atoms with Gasteiger partial charge in [-0.3, -0.25) is 4.79 Å². The zero-order valence-corrected chi connectivity index (χ0v) is 10.7. The fourth-order valence-corrected chi connectivity index (χ4v) is 2.60. The first-order valence-corrected chi connectivity index (χ1v) is 6.21. The van der Waals surface area contributed by atoms with Gasteiger partial charge >= 0.3 is 0 Å². The van der Waals surface area contributed by atoms with E-state index in [-0.39, 0.29) is 5.91 Å². The molecule has 0 bridgehead atoms. The van der Waals surface area contributed by atoms with Crippen molar-refractivity contribution in [2.24, 2.45) is 11.5 Å². The van der Waals surface area contributed by atoms with Crippen molar-refractivity contribution in [3.05, 3.63) is 0 Å². The lowest BCUT2D eigenvalue weighted by molar-refractivity contribution is -0.123. The number of amides is 1. The quantitative estimate of drug-likeness (QED) is 0.731. The van der Waals surface area contributed by atoms with E-state index in [0.29, 0.717) is 18.5 Å². The second-order valence-corrected chi connectivity index (χ2v) is 5.22. The summed E-state index contributed by atoms with van der Waals surface area (Å²) in [5.41, 5.74) is 10.6. The molecule has 4 nitrogen and oxygen atoms in total. The second kappa shape index (κ2) is 5.15. The van der Waals surface area contributed by atoms with Gasteiger partial charge in [0.05, 0.1) is 5.54 Å². The smallest absolute Gasteiger partial charge is 0.237 e. The normalized spacial score (nSPS) is 31.9. The third kappa shape index (κ3) is 2.74. The lowest BCUT2D eigenvalue weighted by atomic mass is 9.98. The molecule has 1 aliphatic rings. The first kappa shape index (κ1) is 13.5. The van der Waals surface area contributed by atoms with Gasteiger partial charge in [-0.25, -0.2) is 0 Å². The van der Waals surface area contributed by atoms with Crippen LogP contribution in [0.2, 0.25) is 0 Å². The first-order chi connectivity index (χ1) is 7.40. The summed E-state index contributed by atoms with van der Waals surface area (Å²) < 4.78 is 0. The van der Waals surface area contributed by atoms with Crippen LogP contribution in [0, 0.1) is 0 Å². The summed E-state index contributed by atoms with van der Waals surface area (Å²) in [4.78, 5) is 13.6. The Balaban J connectivity index is 2.55. The molecule has 94 valence electrons. The molecule has 16 heavy (non-hydrogen) atoms. The van der Waals surface area contributed by atoms with Crippen LogP contribution in [0.5, 0.6) is 0 Å². The maximum absolute atomic E-state index is 11.3. The highest BCUT2D eigenvalue weighted by atomic mass is 16.1. The molecule has 0 aliphatic heterocycles. The van der Waals surface area contributed by atoms with Gasteiger partial charge in [-0.1, -0.05) is 13.3 Å². The van der Waals surface area contributed by atoms with Crippen LogP contribution < -0.4 is 11.5 Å². The summed E-state index contributed by atoms with van der Waals surface area (Å²) >= 11 is 0. The van der Waals surface area contributed by atoms with E-state index in [2.05, 4.69) is 25.8 Å². The van der Waals surface area contributed by atoms with Crippen molar-refractivity contribution in [3.63, 3.8) is 0 Å². The highest BCUT2D eigenvalue weighted by Crippen LogP contribution is 2.31. The van der Waals surface area contributed by atoms with Crippen molar-refractivity contribution in [1.29, 1.82) is 0 Å². The van der Waals surface area contributed by atoms with Gasteiger partial charge in [0, 0.05) is 12.1 Å². The number of hydrogen-bond donors (Lipinski definition) is 2. The lowest BCUT2D eigenvalue weighted by Crippen LogP contribution is -2.51. The molecule has 0 aromatic carbocycles. The summed E-state index contributed by atoms with van der Waals surface area (Å²) in [5.74, 6) is -0.355. The molecule has 4 heteroatoms. The van der Waals surface area contributed by atoms with Gasteiger partial charge in [0.15, 0.2) is 0 Å². The van der Waals surface area contributed by atoms with Gasteiger partial charge in [0.25, 0.3) is 0 Å². The Hall–Kier alpha value is -0.610. The summed E-state index contributed by atoms with van der Waals surface area (Å²) in [6, 6.07) is 0.948. The molecule has 4 N–H and O–H groups in total. The number of nitrogens with zero attached hydrogens (tertiary/aromatic N) is 1. The van der Waals surface area contributed by atoms with Crippen molar-refractivity contribution in [2.45, 2.75) is 63.6 Å². The molecule has 0 radical (unpaired) electrons. The third-order valence-corrected chi connectivity index (χ3v) is 3.99. The van der Waals surface area contributed by atoms with Crippen LogP contribution in [0.15, 0.2) is 0 Å². The number of hydrogen-bond acceptors (Lipinski definition) is 3. The Morgan fingerprint density at radius 2 is 2.25 bits per heavy atom. The molecule has 0 saturated heterocycles. The summed E-state index contributed by atoms with van der Waals surface area (Å²) in [6.45, 7) is 4.42. The molecule has 0 aromatic heterocycles. The van der Waals surface area contributed by atoms with E-state index < -0.39 is 5.54 Å². The van der Waals surface area contributed by atoms with Crippen molar-refractivity contribution in [1.82, 2.24) is 4.90 Å². The molecular formula is C12H25N3O. The standard InChI is InChI=1S/C12H25N3O/c1-4-5-9(2)15(3)10-6-7-12(14,8-10)11(13)16/h9-10H,4-8,14H2,1-3H3,(H2,13,16). The molecule has 1 fully saturated rings. The maximum Gasteiger partial charge on any atom is 0.237 e. The molecule has 1 saturated carbocycles. The van der Waals surface area contributed by atoms with Crippen LogP contribution in [-0.2, 0) is 4.79 Å². The Morgan fingerprint density at radius 1 is 1.62 bits per heavy atom. The van der Waals surface area contributed by atoms with Crippen LogP contribution >= 0.6 is 0 Å². The van der Waals surface area contributed by atoms with Crippen molar-refractivity contribution >= 4 is 5.91 Å². The Morgan fingerprint density at radius 3 is 2.69 bits per heavy atom. The monoisotopic (exact) mass is 227 g/mol. The minimum absolute atomic E-state index is 0.355. The largest absolute Gasteiger partial charge is 0.368 e. The topological polar surface area (TPSA) is 72.3 Å². The third-order valence-electron chi connectivity index (χ3n) is 3.99. The SMILES string of the molecule is CCCC(C)N(C)C1CCC(N)(C(N)=O)C1. The van der Waals surface area contributed by atoms with Gasteiger partial charge < -0.3 is 16.4 Å². The van der Waals surface area contributed by atoms with E-state index >= 15 is 0 Å². The molecule has 1 amide bonds. The molecule has 0 spiro atoms. The van der Waals surface area contributed by atoms with E-state index in [9.17, 15) is 4.79 Å². The number of rotatable bonds is 5. The van der Waals surface area contributed by atoms with Crippen molar-refractivity contribution in [2.75, 3.05) is 7.05 Å². The zero-order valence-electron chi connectivity index (χ0n) is 10.7. The zero-order chi connectivity index (χ0) is 12.3. The molecule has 0 aromatic rings. The van der Waals surface area contributed by atoms with Crippen LogP contribution in [-0.4, -0.2) is 35.5 Å². The summed E-state index contributed by atoms with van der Waals surface area (Å²) in [5, 5.41) is 0. The van der Waals surface area contributed by atoms with Gasteiger partial charge in [0.1, 0.15) is 0 Å². The summed E-state index contributed by atoms with van der Waals surface area (Å²) in [7, 11) is 2.12. The fraction of sp³-hybridized carbons (Fsp3) is 0.917. The van der Waals surface area contributed by atoms with E-state index in [4.69, 9.17) is 11.5 Å². The molecule has 1 rings (SSSR count). The average molecular weight is 227 g/mol. The molecule has 3 atom stereocenters. The van der Waals surface area contributed by atoms with Crippen LogP contribution in [0.3, 0.4) is 0 Å². The fourth-order valence-electron chi connectivity index (χ4n) is 2.60. The minimum atomic E-state index is -0.773. The van der Waals surface area contributed by atoms with Crippen LogP contribution in [0.1, 0.15) is 46.0 Å². The van der Waals surface area contributed by atoms with Gasteiger partial charge in [-0.15, -0.1) is 0 Å². The highest BCUT2D eigenvalue weighted by Gasteiger charge is 2.42. The van der Waals surface area contributed by atoms with E-state index in [1.807, 2.05) is 0 Å². The molecule has 3 unspecified atom stereocenters. The molecule has 1 aliphatic carbocycles. The first-order valence-electron chi connectivity index (χ1n) is 6.21. The molecule has 0 heterocycles. The van der Waals surface area contributed by atoms with E-state index in [1.165, 1.54) is 12.8 Å². The highest BCUT2D eigenvalue weighted by molar-refractivity contribution is 5.84. The van der Waals surface area contributed by atoms with Crippen molar-refractivity contribution in [3.8, 4) is 0 Å². The van der Waals surface area contributed by atoms with E-state index in [1.54, 1.807) is 0 Å². The number of primary amides is 1. The molecular weight excluding hydrogens is 202 g/mol.